The summed E-state index contributed by atoms with van der Waals surface area (Å²) < 4.78 is 10.9. The lowest BCUT2D eigenvalue weighted by Crippen LogP contribution is -2.57. The molecule has 3 aromatic rings. The number of fused-ring (bicyclic) bond motifs is 1. The van der Waals surface area contributed by atoms with Crippen molar-refractivity contribution in [3.63, 3.8) is 0 Å². The molecule has 11 heteroatoms. The van der Waals surface area contributed by atoms with E-state index in [0.29, 0.717) is 29.6 Å². The second kappa shape index (κ2) is 16.0. The monoisotopic (exact) mass is 642 g/mol. The Kier molecular flexibility index (Phi) is 12.4. The van der Waals surface area contributed by atoms with Crippen LogP contribution in [0.1, 0.15) is 52.0 Å². The number of benzene rings is 2. The second-order valence-electron chi connectivity index (χ2n) is 10.5. The highest BCUT2D eigenvalue weighted by Crippen LogP contribution is 2.28. The van der Waals surface area contributed by atoms with Gasteiger partial charge in [0.2, 0.25) is 11.8 Å². The second-order valence-corrected chi connectivity index (χ2v) is 11.3. The van der Waals surface area contributed by atoms with Crippen molar-refractivity contribution in [3.05, 3.63) is 64.8 Å². The van der Waals surface area contributed by atoms with Gasteiger partial charge in [0.15, 0.2) is 0 Å². The van der Waals surface area contributed by atoms with Crippen molar-refractivity contribution < 1.29 is 28.7 Å². The zero-order valence-corrected chi connectivity index (χ0v) is 26.0. The third-order valence-electron chi connectivity index (χ3n) is 6.72. The smallest absolute Gasteiger partial charge is 0.413 e. The van der Waals surface area contributed by atoms with E-state index in [4.69, 9.17) is 9.47 Å². The van der Waals surface area contributed by atoms with E-state index in [1.165, 1.54) is 7.11 Å². The molecular formula is C31H39BrN4O6. The van der Waals surface area contributed by atoms with E-state index in [-0.39, 0.29) is 12.3 Å². The average Bonchev–Trinajstić information content (AvgIpc) is 3.28. The number of amides is 3. The number of methoxy groups -OCH3 is 1. The van der Waals surface area contributed by atoms with Crippen molar-refractivity contribution in [2.75, 3.05) is 7.11 Å². The molecule has 3 atom stereocenters. The molecule has 10 nitrogen and oxygen atoms in total. The number of hydrogen-bond acceptors (Lipinski definition) is 6. The van der Waals surface area contributed by atoms with Gasteiger partial charge in [-0.2, -0.15) is 0 Å². The van der Waals surface area contributed by atoms with Crippen LogP contribution >= 0.6 is 15.9 Å². The van der Waals surface area contributed by atoms with Gasteiger partial charge in [-0.05, 0) is 58.5 Å². The lowest BCUT2D eigenvalue weighted by Gasteiger charge is -2.25. The van der Waals surface area contributed by atoms with Crippen molar-refractivity contribution in [1.82, 2.24) is 20.9 Å². The standard InChI is InChI=1S/C31H39BrN4O6/c1-5-6-15-24(30(39)41-4)34-29(38)26(18-22-21-14-10-11-16-23(21)33-27(22)32)35-28(37)25(17-19(2)3)36-31(40)42-20-12-8-7-9-13-20/h7-14,16,19,24-26,33H,5-6,15,17-18H2,1-4H3,(H,34,38)(H,35,37)(H,36,40)/t24-,25+,26-/m1/s1. The number of nitrogens with one attached hydrogen (secondary N) is 4. The van der Waals surface area contributed by atoms with Gasteiger partial charge in [0.25, 0.3) is 0 Å². The molecule has 0 fully saturated rings. The van der Waals surface area contributed by atoms with E-state index in [2.05, 4.69) is 36.9 Å². The Hall–Kier alpha value is -3.86. The van der Waals surface area contributed by atoms with Gasteiger partial charge in [0, 0.05) is 17.3 Å². The first-order chi connectivity index (χ1) is 20.1. The highest BCUT2D eigenvalue weighted by atomic mass is 79.9. The highest BCUT2D eigenvalue weighted by molar-refractivity contribution is 9.10. The SMILES string of the molecule is CCCC[C@@H](NC(=O)[C@@H](Cc1c(Br)[nH]c2ccccc12)NC(=O)[C@H](CC(C)C)NC(=O)Oc1ccccc1)C(=O)OC. The van der Waals surface area contributed by atoms with Crippen LogP contribution in [0, 0.1) is 5.92 Å². The van der Waals surface area contributed by atoms with Crippen LogP contribution in [0.15, 0.2) is 59.2 Å². The summed E-state index contributed by atoms with van der Waals surface area (Å²) in [5, 5.41) is 9.13. The zero-order valence-electron chi connectivity index (χ0n) is 24.4. The molecule has 0 aliphatic carbocycles. The third kappa shape index (κ3) is 9.34. The van der Waals surface area contributed by atoms with E-state index in [9.17, 15) is 19.2 Å². The maximum Gasteiger partial charge on any atom is 0.413 e. The lowest BCUT2D eigenvalue weighted by atomic mass is 10.0. The van der Waals surface area contributed by atoms with E-state index >= 15 is 0 Å². The van der Waals surface area contributed by atoms with Crippen molar-refractivity contribution in [2.45, 2.75) is 71.0 Å². The largest absolute Gasteiger partial charge is 0.467 e. The van der Waals surface area contributed by atoms with Crippen LogP contribution < -0.4 is 20.7 Å². The van der Waals surface area contributed by atoms with Crippen molar-refractivity contribution in [2.24, 2.45) is 5.92 Å². The predicted octanol–water partition coefficient (Wildman–Crippen LogP) is 5.01. The molecule has 3 amide bonds. The maximum absolute atomic E-state index is 13.7. The molecule has 42 heavy (non-hydrogen) atoms. The molecule has 0 aliphatic heterocycles. The summed E-state index contributed by atoms with van der Waals surface area (Å²) in [4.78, 5) is 55.7. The van der Waals surface area contributed by atoms with Crippen molar-refractivity contribution in [3.8, 4) is 5.75 Å². The highest BCUT2D eigenvalue weighted by Gasteiger charge is 2.31. The summed E-state index contributed by atoms with van der Waals surface area (Å²) in [6, 6.07) is 13.2. The van der Waals surface area contributed by atoms with Gasteiger partial charge in [0.05, 0.1) is 11.7 Å². The van der Waals surface area contributed by atoms with E-state index in [0.717, 1.165) is 22.9 Å². The fourth-order valence-electron chi connectivity index (χ4n) is 4.59. The van der Waals surface area contributed by atoms with Gasteiger partial charge in [0.1, 0.15) is 23.9 Å². The number of carbonyl (C=O) groups is 4. The van der Waals surface area contributed by atoms with Crippen molar-refractivity contribution in [1.29, 1.82) is 0 Å². The van der Waals surface area contributed by atoms with Gasteiger partial charge in [-0.3, -0.25) is 9.59 Å². The number of aromatic nitrogens is 1. The molecule has 0 unspecified atom stereocenters. The molecular weight excluding hydrogens is 604 g/mol. The minimum absolute atomic E-state index is 0.0468. The van der Waals surface area contributed by atoms with Crippen molar-refractivity contribution >= 4 is 50.7 Å². The Balaban J connectivity index is 1.87. The summed E-state index contributed by atoms with van der Waals surface area (Å²) in [6.07, 6.45) is 1.57. The van der Waals surface area contributed by atoms with Crippen LogP contribution in [0.5, 0.6) is 5.75 Å². The first-order valence-electron chi connectivity index (χ1n) is 14.1. The van der Waals surface area contributed by atoms with Gasteiger partial charge in [-0.15, -0.1) is 0 Å². The molecule has 0 bridgehead atoms. The number of rotatable bonds is 14. The number of halogens is 1. The van der Waals surface area contributed by atoms with E-state index in [1.54, 1.807) is 30.3 Å². The lowest BCUT2D eigenvalue weighted by molar-refractivity contribution is -0.145. The maximum atomic E-state index is 13.7. The first-order valence-corrected chi connectivity index (χ1v) is 14.9. The third-order valence-corrected chi connectivity index (χ3v) is 7.40. The minimum Gasteiger partial charge on any atom is -0.467 e. The Morgan fingerprint density at radius 2 is 1.52 bits per heavy atom. The summed E-state index contributed by atoms with van der Waals surface area (Å²) in [5.41, 5.74) is 1.65. The number of unbranched alkanes of at least 4 members (excludes halogenated alkanes) is 1. The van der Waals surface area contributed by atoms with E-state index in [1.807, 2.05) is 45.0 Å². The number of ether oxygens (including phenoxy) is 2. The number of esters is 1. The molecule has 2 aromatic carbocycles. The molecule has 0 saturated carbocycles. The van der Waals surface area contributed by atoms with Gasteiger partial charge >= 0.3 is 12.1 Å². The number of H-pyrrole nitrogens is 1. The van der Waals surface area contributed by atoms with Gasteiger partial charge < -0.3 is 30.4 Å². The molecule has 4 N–H and O–H groups in total. The number of hydrogen-bond donors (Lipinski definition) is 4. The molecule has 1 heterocycles. The summed E-state index contributed by atoms with van der Waals surface area (Å²) in [6.45, 7) is 5.83. The molecule has 3 rings (SSSR count). The number of para-hydroxylation sites is 2. The quantitative estimate of drug-likeness (QED) is 0.182. The van der Waals surface area contributed by atoms with Crippen LogP contribution in [0.25, 0.3) is 10.9 Å². The number of aromatic amines is 1. The Morgan fingerprint density at radius 1 is 0.881 bits per heavy atom. The van der Waals surface area contributed by atoms with E-state index < -0.39 is 42.0 Å². The summed E-state index contributed by atoms with van der Waals surface area (Å²) >= 11 is 3.55. The molecule has 0 radical (unpaired) electrons. The fourth-order valence-corrected chi connectivity index (χ4v) is 5.18. The summed E-state index contributed by atoms with van der Waals surface area (Å²) in [5.74, 6) is -1.26. The molecule has 1 aromatic heterocycles. The van der Waals surface area contributed by atoms with Crippen LogP contribution in [-0.2, 0) is 25.5 Å². The van der Waals surface area contributed by atoms with Gasteiger partial charge in [-0.25, -0.2) is 9.59 Å². The van der Waals surface area contributed by atoms with Crippen LogP contribution in [0.2, 0.25) is 0 Å². The predicted molar refractivity (Wildman–Crippen MR) is 164 cm³/mol. The Labute approximate surface area is 254 Å². The number of carbonyl (C=O) groups excluding carboxylic acids is 4. The molecule has 0 spiro atoms. The van der Waals surface area contributed by atoms with Crippen LogP contribution in [-0.4, -0.2) is 54.1 Å². The normalized spacial score (nSPS) is 13.2. The van der Waals surface area contributed by atoms with Crippen LogP contribution in [0.4, 0.5) is 4.79 Å². The molecule has 0 aliphatic rings. The zero-order chi connectivity index (χ0) is 30.6. The molecule has 226 valence electrons. The topological polar surface area (TPSA) is 139 Å². The first kappa shape index (κ1) is 32.7. The Bertz CT molecular complexity index is 1360. The van der Waals surface area contributed by atoms with Gasteiger partial charge in [-0.1, -0.05) is 70.0 Å². The minimum atomic E-state index is -1.07. The summed E-state index contributed by atoms with van der Waals surface area (Å²) in [7, 11) is 1.27. The Morgan fingerprint density at radius 3 is 2.19 bits per heavy atom. The average molecular weight is 644 g/mol. The molecule has 0 saturated heterocycles. The van der Waals surface area contributed by atoms with Crippen LogP contribution in [0.3, 0.4) is 0 Å². The fraction of sp³-hybridized carbons (Fsp3) is 0.419.